The number of benzene rings is 2. The van der Waals surface area contributed by atoms with Crippen LogP contribution in [0.1, 0.15) is 34.0 Å². The lowest BCUT2D eigenvalue weighted by Crippen LogP contribution is -2.43. The number of H-pyrrole nitrogens is 1. The van der Waals surface area contributed by atoms with Crippen LogP contribution in [0.25, 0.3) is 10.9 Å². The highest BCUT2D eigenvalue weighted by Gasteiger charge is 2.30. The molecule has 34 heavy (non-hydrogen) atoms. The Balaban J connectivity index is 1.73. The molecule has 0 bridgehead atoms. The first-order valence-electron chi connectivity index (χ1n) is 11.1. The van der Waals surface area contributed by atoms with Crippen molar-refractivity contribution in [3.8, 4) is 0 Å². The molecule has 1 fully saturated rings. The van der Waals surface area contributed by atoms with Crippen molar-refractivity contribution in [1.29, 1.82) is 0 Å². The van der Waals surface area contributed by atoms with Crippen molar-refractivity contribution in [1.82, 2.24) is 9.29 Å². The standard InChI is InChI=1S/C25H28N2O6S/c1-16-10-17(2)23-12-20(25(29)26-24(23)11-16)13-27(14-21-15-32-8-9-33-21)34(30,31)22-6-4-19(5-7-22)18(3)28/h4-7,10-12,21H,8-9,13-15H2,1-3H3,(H,26,29). The zero-order valence-corrected chi connectivity index (χ0v) is 20.3. The maximum atomic E-state index is 13.6. The Morgan fingerprint density at radius 3 is 2.50 bits per heavy atom. The quantitative estimate of drug-likeness (QED) is 0.517. The van der Waals surface area contributed by atoms with Crippen LogP contribution < -0.4 is 5.56 Å². The van der Waals surface area contributed by atoms with Gasteiger partial charge in [-0.05, 0) is 56.2 Å². The van der Waals surface area contributed by atoms with Gasteiger partial charge >= 0.3 is 0 Å². The lowest BCUT2D eigenvalue weighted by atomic mass is 10.0. The molecule has 1 unspecified atom stereocenters. The van der Waals surface area contributed by atoms with Crippen molar-refractivity contribution in [2.75, 3.05) is 26.4 Å². The summed E-state index contributed by atoms with van der Waals surface area (Å²) in [7, 11) is -3.99. The molecule has 3 aromatic rings. The van der Waals surface area contributed by atoms with Crippen LogP contribution in [-0.4, -0.2) is 56.0 Å². The van der Waals surface area contributed by atoms with Gasteiger partial charge in [0.25, 0.3) is 5.56 Å². The van der Waals surface area contributed by atoms with E-state index in [1.54, 1.807) is 6.07 Å². The van der Waals surface area contributed by atoms with E-state index in [0.717, 1.165) is 16.5 Å². The van der Waals surface area contributed by atoms with E-state index in [1.807, 2.05) is 26.0 Å². The number of carbonyl (C=O) groups is 1. The van der Waals surface area contributed by atoms with Crippen LogP contribution in [0.4, 0.5) is 0 Å². The van der Waals surface area contributed by atoms with E-state index < -0.39 is 16.1 Å². The van der Waals surface area contributed by atoms with Gasteiger partial charge in [-0.3, -0.25) is 9.59 Å². The molecule has 1 atom stereocenters. The maximum absolute atomic E-state index is 13.6. The Morgan fingerprint density at radius 2 is 1.85 bits per heavy atom. The third-order valence-electron chi connectivity index (χ3n) is 5.93. The summed E-state index contributed by atoms with van der Waals surface area (Å²) in [5, 5.41) is 0.862. The van der Waals surface area contributed by atoms with Gasteiger partial charge in [0.2, 0.25) is 10.0 Å². The zero-order valence-electron chi connectivity index (χ0n) is 19.5. The van der Waals surface area contributed by atoms with Gasteiger partial charge in [-0.25, -0.2) is 8.42 Å². The molecule has 1 aromatic heterocycles. The summed E-state index contributed by atoms with van der Waals surface area (Å²) in [6.45, 7) is 6.33. The van der Waals surface area contributed by atoms with Gasteiger partial charge in [-0.15, -0.1) is 0 Å². The molecular weight excluding hydrogens is 456 g/mol. The van der Waals surface area contributed by atoms with E-state index in [4.69, 9.17) is 9.47 Å². The van der Waals surface area contributed by atoms with Crippen molar-refractivity contribution >= 4 is 26.7 Å². The minimum absolute atomic E-state index is 0.0289. The van der Waals surface area contributed by atoms with Crippen LogP contribution in [0, 0.1) is 13.8 Å². The summed E-state index contributed by atoms with van der Waals surface area (Å²) in [5.41, 5.74) is 3.15. The minimum Gasteiger partial charge on any atom is -0.376 e. The predicted octanol–water partition coefficient (Wildman–Crippen LogP) is 2.95. The topological polar surface area (TPSA) is 106 Å². The number of hydrogen-bond acceptors (Lipinski definition) is 6. The second-order valence-electron chi connectivity index (χ2n) is 8.61. The summed E-state index contributed by atoms with van der Waals surface area (Å²) < 4.78 is 39.6. The minimum atomic E-state index is -3.99. The van der Waals surface area contributed by atoms with E-state index in [9.17, 15) is 18.0 Å². The first kappa shape index (κ1) is 24.3. The summed E-state index contributed by atoms with van der Waals surface area (Å²) in [6, 6.07) is 11.5. The number of hydrogen-bond donors (Lipinski definition) is 1. The molecule has 0 amide bonds. The van der Waals surface area contributed by atoms with E-state index in [0.29, 0.717) is 29.9 Å². The molecule has 180 valence electrons. The number of rotatable bonds is 7. The largest absolute Gasteiger partial charge is 0.376 e. The highest BCUT2D eigenvalue weighted by Crippen LogP contribution is 2.23. The highest BCUT2D eigenvalue weighted by molar-refractivity contribution is 7.89. The number of Topliss-reactive ketones (excluding diaryl/α,β-unsaturated/α-hetero) is 1. The number of sulfonamides is 1. The highest BCUT2D eigenvalue weighted by atomic mass is 32.2. The van der Waals surface area contributed by atoms with Crippen LogP contribution in [0.2, 0.25) is 0 Å². The van der Waals surface area contributed by atoms with Gasteiger partial charge in [-0.1, -0.05) is 18.2 Å². The molecule has 9 heteroatoms. The molecule has 0 radical (unpaired) electrons. The van der Waals surface area contributed by atoms with Crippen molar-refractivity contribution in [3.05, 3.63) is 75.1 Å². The Hall–Kier alpha value is -2.85. The second kappa shape index (κ2) is 9.79. The fourth-order valence-electron chi connectivity index (χ4n) is 4.15. The maximum Gasteiger partial charge on any atom is 0.252 e. The molecule has 8 nitrogen and oxygen atoms in total. The number of ether oxygens (including phenoxy) is 2. The van der Waals surface area contributed by atoms with Crippen molar-refractivity contribution in [2.24, 2.45) is 0 Å². The summed E-state index contributed by atoms with van der Waals surface area (Å²) in [4.78, 5) is 27.4. The Labute approximate surface area is 198 Å². The molecule has 1 N–H and O–H groups in total. The zero-order chi connectivity index (χ0) is 24.5. The summed E-state index contributed by atoms with van der Waals surface area (Å²) in [5.74, 6) is -0.151. The third-order valence-corrected chi connectivity index (χ3v) is 7.75. The van der Waals surface area contributed by atoms with Gasteiger partial charge < -0.3 is 14.5 Å². The molecule has 1 aliphatic rings. The number of aryl methyl sites for hydroxylation is 2. The van der Waals surface area contributed by atoms with E-state index >= 15 is 0 Å². The molecule has 0 saturated carbocycles. The lowest BCUT2D eigenvalue weighted by Gasteiger charge is -2.29. The Morgan fingerprint density at radius 1 is 1.12 bits per heavy atom. The molecule has 4 rings (SSSR count). The average Bonchev–Trinajstić information content (AvgIpc) is 2.80. The fraction of sp³-hybridized carbons (Fsp3) is 0.360. The van der Waals surface area contributed by atoms with Gasteiger partial charge in [0, 0.05) is 35.1 Å². The second-order valence-corrected chi connectivity index (χ2v) is 10.6. The van der Waals surface area contributed by atoms with Crippen LogP contribution in [0.15, 0.2) is 52.2 Å². The van der Waals surface area contributed by atoms with Crippen molar-refractivity contribution in [2.45, 2.75) is 38.3 Å². The molecule has 0 spiro atoms. The molecule has 2 aromatic carbocycles. The average molecular weight is 485 g/mol. The van der Waals surface area contributed by atoms with Gasteiger partial charge in [0.05, 0.1) is 30.8 Å². The number of nitrogens with zero attached hydrogens (tertiary/aromatic N) is 1. The molecule has 0 aliphatic carbocycles. The Kier molecular flexibility index (Phi) is 6.99. The number of aromatic amines is 1. The van der Waals surface area contributed by atoms with Crippen LogP contribution in [-0.2, 0) is 26.0 Å². The molecular formula is C25H28N2O6S. The molecule has 1 aliphatic heterocycles. The monoisotopic (exact) mass is 484 g/mol. The van der Waals surface area contributed by atoms with Gasteiger partial charge in [0.1, 0.15) is 0 Å². The lowest BCUT2D eigenvalue weighted by molar-refractivity contribution is -0.0923. The van der Waals surface area contributed by atoms with E-state index in [2.05, 4.69) is 4.98 Å². The summed E-state index contributed by atoms with van der Waals surface area (Å²) >= 11 is 0. The normalized spacial score (nSPS) is 16.8. The number of fused-ring (bicyclic) bond motifs is 1. The smallest absolute Gasteiger partial charge is 0.252 e. The van der Waals surface area contributed by atoms with Crippen LogP contribution >= 0.6 is 0 Å². The first-order valence-corrected chi connectivity index (χ1v) is 12.5. The van der Waals surface area contributed by atoms with Crippen molar-refractivity contribution < 1.29 is 22.7 Å². The molecule has 2 heterocycles. The first-order chi connectivity index (χ1) is 16.1. The predicted molar refractivity (Wildman–Crippen MR) is 129 cm³/mol. The number of nitrogens with one attached hydrogen (secondary N) is 1. The van der Waals surface area contributed by atoms with Crippen molar-refractivity contribution in [3.63, 3.8) is 0 Å². The number of aromatic nitrogens is 1. The van der Waals surface area contributed by atoms with Gasteiger partial charge in [-0.2, -0.15) is 4.31 Å². The van der Waals surface area contributed by atoms with E-state index in [-0.39, 0.29) is 35.9 Å². The number of carbonyl (C=O) groups excluding carboxylic acids is 1. The van der Waals surface area contributed by atoms with Crippen LogP contribution in [0.3, 0.4) is 0 Å². The molecule has 1 saturated heterocycles. The fourth-order valence-corrected chi connectivity index (χ4v) is 5.60. The number of pyridine rings is 1. The van der Waals surface area contributed by atoms with E-state index in [1.165, 1.54) is 35.5 Å². The number of ketones is 1. The third kappa shape index (κ3) is 5.12. The van der Waals surface area contributed by atoms with Gasteiger partial charge in [0.15, 0.2) is 5.78 Å². The SMILES string of the molecule is CC(=O)c1ccc(S(=O)(=O)N(Cc2cc3c(C)cc(C)cc3[nH]c2=O)CC2COCCO2)cc1. The summed E-state index contributed by atoms with van der Waals surface area (Å²) in [6.07, 6.45) is -0.455. The van der Waals surface area contributed by atoms with Crippen LogP contribution in [0.5, 0.6) is 0 Å². The Bertz CT molecular complexity index is 1370.